The first-order chi connectivity index (χ1) is 8.07. The number of allylic oxidation sites excluding steroid dienone is 1. The quantitative estimate of drug-likeness (QED) is 0.788. The van der Waals surface area contributed by atoms with E-state index in [-0.39, 0.29) is 5.60 Å². The third kappa shape index (κ3) is 3.26. The molecule has 0 atom stereocenters. The maximum Gasteiger partial charge on any atom is 0.103 e. The Kier molecular flexibility index (Phi) is 3.41. The molecule has 0 saturated heterocycles. The zero-order chi connectivity index (χ0) is 12.3. The second kappa shape index (κ2) is 4.82. The summed E-state index contributed by atoms with van der Waals surface area (Å²) in [7, 11) is 2.13. The van der Waals surface area contributed by atoms with Gasteiger partial charge >= 0.3 is 0 Å². The minimum Gasteiger partial charge on any atom is -0.494 e. The van der Waals surface area contributed by atoms with E-state index < -0.39 is 0 Å². The maximum absolute atomic E-state index is 5.73. The largest absolute Gasteiger partial charge is 0.494 e. The molecule has 0 fully saturated rings. The van der Waals surface area contributed by atoms with Gasteiger partial charge in [-0.25, -0.2) is 0 Å². The van der Waals surface area contributed by atoms with E-state index in [1.165, 1.54) is 11.3 Å². The first kappa shape index (κ1) is 12.0. The van der Waals surface area contributed by atoms with E-state index in [1.54, 1.807) is 0 Å². The maximum atomic E-state index is 5.73. The predicted molar refractivity (Wildman–Crippen MR) is 70.4 cm³/mol. The van der Waals surface area contributed by atoms with Gasteiger partial charge in [0.2, 0.25) is 0 Å². The molecule has 0 unspecified atom stereocenters. The van der Waals surface area contributed by atoms with Crippen LogP contribution >= 0.6 is 0 Å². The standard InChI is InChI=1S/C15H21NO/c1-15(2)10-9-14(12-17-15)16(3)11-13-7-5-4-6-8-13/h4-8,12H,9-11H2,1-3H3. The lowest BCUT2D eigenvalue weighted by atomic mass is 9.99. The van der Waals surface area contributed by atoms with Gasteiger partial charge in [-0.2, -0.15) is 0 Å². The van der Waals surface area contributed by atoms with Crippen LogP contribution in [0.5, 0.6) is 0 Å². The Bertz CT molecular complexity index is 395. The van der Waals surface area contributed by atoms with Crippen LogP contribution in [0.2, 0.25) is 0 Å². The van der Waals surface area contributed by atoms with Crippen molar-refractivity contribution in [3.05, 3.63) is 47.9 Å². The number of nitrogens with zero attached hydrogens (tertiary/aromatic N) is 1. The molecule has 0 N–H and O–H groups in total. The summed E-state index contributed by atoms with van der Waals surface area (Å²) in [5.41, 5.74) is 2.62. The molecule has 0 aromatic heterocycles. The fraction of sp³-hybridized carbons (Fsp3) is 0.467. The molecule has 1 aliphatic rings. The van der Waals surface area contributed by atoms with Crippen molar-refractivity contribution in [1.82, 2.24) is 4.90 Å². The number of rotatable bonds is 3. The minimum absolute atomic E-state index is 0.00289. The normalized spacial score (nSPS) is 18.2. The summed E-state index contributed by atoms with van der Waals surface area (Å²) in [4.78, 5) is 2.27. The molecule has 2 rings (SSSR count). The highest BCUT2D eigenvalue weighted by Crippen LogP contribution is 2.27. The van der Waals surface area contributed by atoms with Crippen LogP contribution in [0.25, 0.3) is 0 Å². The van der Waals surface area contributed by atoms with Crippen LogP contribution in [-0.2, 0) is 11.3 Å². The van der Waals surface area contributed by atoms with E-state index in [4.69, 9.17) is 4.74 Å². The van der Waals surface area contributed by atoms with Gasteiger partial charge < -0.3 is 9.64 Å². The highest BCUT2D eigenvalue weighted by molar-refractivity contribution is 5.16. The van der Waals surface area contributed by atoms with Crippen LogP contribution < -0.4 is 0 Å². The molecule has 17 heavy (non-hydrogen) atoms. The lowest BCUT2D eigenvalue weighted by Gasteiger charge is -2.33. The van der Waals surface area contributed by atoms with Crippen molar-refractivity contribution in [1.29, 1.82) is 0 Å². The molecule has 0 amide bonds. The number of ether oxygens (including phenoxy) is 1. The molecule has 0 saturated carbocycles. The molecule has 0 radical (unpaired) electrons. The van der Waals surface area contributed by atoms with Crippen molar-refractivity contribution < 1.29 is 4.74 Å². The molecule has 0 spiro atoms. The zero-order valence-electron chi connectivity index (χ0n) is 10.9. The lowest BCUT2D eigenvalue weighted by molar-refractivity contribution is 0.0281. The Hall–Kier alpha value is -1.44. The average Bonchev–Trinajstić information content (AvgIpc) is 2.30. The van der Waals surface area contributed by atoms with Gasteiger partial charge in [-0.05, 0) is 32.3 Å². The molecular formula is C15H21NO. The van der Waals surface area contributed by atoms with E-state index in [0.717, 1.165) is 19.4 Å². The van der Waals surface area contributed by atoms with Crippen molar-refractivity contribution >= 4 is 0 Å². The molecule has 1 aliphatic heterocycles. The third-order valence-corrected chi connectivity index (χ3v) is 3.25. The molecule has 0 aliphatic carbocycles. The predicted octanol–water partition coefficient (Wildman–Crippen LogP) is 3.55. The fourth-order valence-corrected chi connectivity index (χ4v) is 2.01. The second-order valence-corrected chi connectivity index (χ2v) is 5.33. The van der Waals surface area contributed by atoms with E-state index in [0.29, 0.717) is 0 Å². The van der Waals surface area contributed by atoms with Gasteiger partial charge in [-0.3, -0.25) is 0 Å². The van der Waals surface area contributed by atoms with Crippen molar-refractivity contribution in [3.63, 3.8) is 0 Å². The highest BCUT2D eigenvalue weighted by atomic mass is 16.5. The van der Waals surface area contributed by atoms with E-state index in [2.05, 4.69) is 56.1 Å². The van der Waals surface area contributed by atoms with E-state index >= 15 is 0 Å². The Balaban J connectivity index is 1.98. The summed E-state index contributed by atoms with van der Waals surface area (Å²) in [5.74, 6) is 0. The monoisotopic (exact) mass is 231 g/mol. The molecule has 92 valence electrons. The Labute approximate surface area is 104 Å². The van der Waals surface area contributed by atoms with Gasteiger partial charge in [-0.15, -0.1) is 0 Å². The topological polar surface area (TPSA) is 12.5 Å². The van der Waals surface area contributed by atoms with Crippen LogP contribution in [0.15, 0.2) is 42.3 Å². The molecule has 1 aromatic rings. The summed E-state index contributed by atoms with van der Waals surface area (Å²) in [6.45, 7) is 5.21. The zero-order valence-corrected chi connectivity index (χ0v) is 10.9. The summed E-state index contributed by atoms with van der Waals surface area (Å²) >= 11 is 0. The van der Waals surface area contributed by atoms with Gasteiger partial charge in [0.05, 0.1) is 0 Å². The van der Waals surface area contributed by atoms with Crippen LogP contribution in [-0.4, -0.2) is 17.5 Å². The van der Waals surface area contributed by atoms with Crippen LogP contribution in [0, 0.1) is 0 Å². The fourth-order valence-electron chi connectivity index (χ4n) is 2.01. The summed E-state index contributed by atoms with van der Waals surface area (Å²) < 4.78 is 5.73. The Morgan fingerprint density at radius 1 is 1.24 bits per heavy atom. The number of hydrogen-bond donors (Lipinski definition) is 0. The molecule has 1 aromatic carbocycles. The summed E-state index contributed by atoms with van der Waals surface area (Å²) in [5, 5.41) is 0. The summed E-state index contributed by atoms with van der Waals surface area (Å²) in [6, 6.07) is 10.5. The molecular weight excluding hydrogens is 210 g/mol. The first-order valence-corrected chi connectivity index (χ1v) is 6.19. The van der Waals surface area contributed by atoms with Crippen molar-refractivity contribution in [2.45, 2.75) is 38.8 Å². The number of benzene rings is 1. The molecule has 1 heterocycles. The van der Waals surface area contributed by atoms with Gasteiger partial charge in [0, 0.05) is 19.3 Å². The van der Waals surface area contributed by atoms with E-state index in [1.807, 2.05) is 6.26 Å². The van der Waals surface area contributed by atoms with E-state index in [9.17, 15) is 0 Å². The third-order valence-electron chi connectivity index (χ3n) is 3.25. The van der Waals surface area contributed by atoms with Crippen molar-refractivity contribution in [3.8, 4) is 0 Å². The Morgan fingerprint density at radius 3 is 2.53 bits per heavy atom. The molecule has 2 nitrogen and oxygen atoms in total. The average molecular weight is 231 g/mol. The molecule has 0 bridgehead atoms. The van der Waals surface area contributed by atoms with Gasteiger partial charge in [0.25, 0.3) is 0 Å². The molecule has 2 heteroatoms. The number of hydrogen-bond acceptors (Lipinski definition) is 2. The van der Waals surface area contributed by atoms with Gasteiger partial charge in [0.15, 0.2) is 0 Å². The second-order valence-electron chi connectivity index (χ2n) is 5.33. The highest BCUT2D eigenvalue weighted by Gasteiger charge is 2.24. The van der Waals surface area contributed by atoms with Crippen LogP contribution in [0.1, 0.15) is 32.3 Å². The smallest absolute Gasteiger partial charge is 0.103 e. The van der Waals surface area contributed by atoms with Crippen molar-refractivity contribution in [2.24, 2.45) is 0 Å². The SMILES string of the molecule is CN(Cc1ccccc1)C1=COC(C)(C)CC1. The minimum atomic E-state index is -0.00289. The summed E-state index contributed by atoms with van der Waals surface area (Å²) in [6.07, 6.45) is 4.10. The first-order valence-electron chi connectivity index (χ1n) is 6.19. The van der Waals surface area contributed by atoms with Gasteiger partial charge in [-0.1, -0.05) is 30.3 Å². The van der Waals surface area contributed by atoms with Crippen molar-refractivity contribution in [2.75, 3.05) is 7.05 Å². The lowest BCUT2D eigenvalue weighted by Crippen LogP contribution is -2.29. The van der Waals surface area contributed by atoms with Gasteiger partial charge in [0.1, 0.15) is 11.9 Å². The van der Waals surface area contributed by atoms with Crippen LogP contribution in [0.3, 0.4) is 0 Å². The Morgan fingerprint density at radius 2 is 1.94 bits per heavy atom. The van der Waals surface area contributed by atoms with Crippen LogP contribution in [0.4, 0.5) is 0 Å².